The minimum absolute atomic E-state index is 0.0298. The summed E-state index contributed by atoms with van der Waals surface area (Å²) in [6.07, 6.45) is 0. The molecule has 1 aromatic carbocycles. The first kappa shape index (κ1) is 13.5. The molecular formula is C13H16N2OS2. The van der Waals surface area contributed by atoms with Crippen LogP contribution in [0.1, 0.15) is 11.1 Å². The maximum absolute atomic E-state index is 11.8. The molecule has 1 amide bonds. The van der Waals surface area contributed by atoms with Crippen molar-refractivity contribution in [3.8, 4) is 0 Å². The molecule has 3 nitrogen and oxygen atoms in total. The third-order valence-electron chi connectivity index (χ3n) is 2.54. The van der Waals surface area contributed by atoms with E-state index in [2.05, 4.69) is 16.4 Å². The number of amides is 1. The predicted molar refractivity (Wildman–Crippen MR) is 81.8 cm³/mol. The molecule has 2 rings (SSSR count). The molecule has 0 atom stereocenters. The molecule has 0 saturated heterocycles. The largest absolute Gasteiger partial charge is 0.325 e. The van der Waals surface area contributed by atoms with Gasteiger partial charge in [-0.25, -0.2) is 0 Å². The van der Waals surface area contributed by atoms with Gasteiger partial charge in [-0.05, 0) is 25.5 Å². The first-order valence-electron chi connectivity index (χ1n) is 5.82. The molecule has 0 unspecified atom stereocenters. The Bertz CT molecular complexity index is 486. The molecule has 0 aromatic heterocycles. The summed E-state index contributed by atoms with van der Waals surface area (Å²) in [6, 6.07) is 6.03. The number of aryl methyl sites for hydroxylation is 2. The van der Waals surface area contributed by atoms with Crippen LogP contribution in [0.25, 0.3) is 0 Å². The van der Waals surface area contributed by atoms with Gasteiger partial charge in [0.2, 0.25) is 5.91 Å². The summed E-state index contributed by atoms with van der Waals surface area (Å²) < 4.78 is 1.03. The number of carbonyl (C=O) groups excluding carboxylic acids is 1. The summed E-state index contributed by atoms with van der Waals surface area (Å²) in [5.74, 6) is 1.50. The Labute approximate surface area is 116 Å². The highest BCUT2D eigenvalue weighted by Gasteiger charge is 2.11. The van der Waals surface area contributed by atoms with E-state index < -0.39 is 0 Å². The molecule has 0 fully saturated rings. The van der Waals surface area contributed by atoms with E-state index in [0.29, 0.717) is 5.75 Å². The van der Waals surface area contributed by atoms with Crippen LogP contribution in [0.2, 0.25) is 0 Å². The standard InChI is InChI=1S/C13H16N2OS2/c1-9-3-4-11(10(2)7-9)15-12(16)8-18-13-14-5-6-17-13/h3-4,7H,5-6,8H2,1-2H3,(H,15,16). The summed E-state index contributed by atoms with van der Waals surface area (Å²) in [5.41, 5.74) is 3.20. The number of benzene rings is 1. The monoisotopic (exact) mass is 280 g/mol. The highest BCUT2D eigenvalue weighted by atomic mass is 32.2. The van der Waals surface area contributed by atoms with Crippen molar-refractivity contribution >= 4 is 39.5 Å². The van der Waals surface area contributed by atoms with Crippen molar-refractivity contribution in [3.05, 3.63) is 29.3 Å². The van der Waals surface area contributed by atoms with Gasteiger partial charge in [0, 0.05) is 11.4 Å². The Morgan fingerprint density at radius 2 is 2.33 bits per heavy atom. The van der Waals surface area contributed by atoms with Crippen molar-refractivity contribution < 1.29 is 4.79 Å². The van der Waals surface area contributed by atoms with Crippen LogP contribution in [0.5, 0.6) is 0 Å². The molecule has 1 aliphatic rings. The Morgan fingerprint density at radius 1 is 1.50 bits per heavy atom. The molecule has 5 heteroatoms. The van der Waals surface area contributed by atoms with Gasteiger partial charge >= 0.3 is 0 Å². The molecule has 1 heterocycles. The average Bonchev–Trinajstić information content (AvgIpc) is 2.83. The lowest BCUT2D eigenvalue weighted by atomic mass is 10.1. The third-order valence-corrected chi connectivity index (χ3v) is 4.79. The average molecular weight is 280 g/mol. The zero-order chi connectivity index (χ0) is 13.0. The molecule has 0 aliphatic carbocycles. The Hall–Kier alpha value is -0.940. The summed E-state index contributed by atoms with van der Waals surface area (Å²) >= 11 is 3.25. The number of carbonyl (C=O) groups is 1. The first-order chi connectivity index (χ1) is 8.65. The Balaban J connectivity index is 1.86. The van der Waals surface area contributed by atoms with E-state index in [4.69, 9.17) is 0 Å². The minimum Gasteiger partial charge on any atom is -0.325 e. The molecule has 0 bridgehead atoms. The van der Waals surface area contributed by atoms with Crippen molar-refractivity contribution in [1.82, 2.24) is 0 Å². The Kier molecular flexibility index (Phi) is 4.72. The second-order valence-corrected chi connectivity index (χ2v) is 6.46. The van der Waals surface area contributed by atoms with Crippen LogP contribution in [0.3, 0.4) is 0 Å². The van der Waals surface area contributed by atoms with Crippen molar-refractivity contribution in [2.45, 2.75) is 13.8 Å². The summed E-state index contributed by atoms with van der Waals surface area (Å²) in [5, 5.41) is 2.94. The molecule has 96 valence electrons. The quantitative estimate of drug-likeness (QED) is 0.925. The maximum Gasteiger partial charge on any atom is 0.234 e. The van der Waals surface area contributed by atoms with E-state index >= 15 is 0 Å². The van der Waals surface area contributed by atoms with Gasteiger partial charge in [0.1, 0.15) is 4.38 Å². The third kappa shape index (κ3) is 3.78. The van der Waals surface area contributed by atoms with Gasteiger partial charge in [0.25, 0.3) is 0 Å². The summed E-state index contributed by atoms with van der Waals surface area (Å²) in [4.78, 5) is 16.1. The zero-order valence-corrected chi connectivity index (χ0v) is 12.2. The van der Waals surface area contributed by atoms with Gasteiger partial charge in [0.15, 0.2) is 0 Å². The molecular weight excluding hydrogens is 264 g/mol. The van der Waals surface area contributed by atoms with Crippen molar-refractivity contribution in [3.63, 3.8) is 0 Å². The predicted octanol–water partition coefficient (Wildman–Crippen LogP) is 3.08. The fourth-order valence-corrected chi connectivity index (χ4v) is 3.48. The SMILES string of the molecule is Cc1ccc(NC(=O)CSC2=NCCS2)c(C)c1. The van der Waals surface area contributed by atoms with Crippen LogP contribution in [0.15, 0.2) is 23.2 Å². The lowest BCUT2D eigenvalue weighted by Crippen LogP contribution is -2.15. The van der Waals surface area contributed by atoms with E-state index in [1.807, 2.05) is 26.0 Å². The molecule has 1 aromatic rings. The van der Waals surface area contributed by atoms with Gasteiger partial charge in [-0.15, -0.1) is 0 Å². The number of nitrogens with one attached hydrogen (secondary N) is 1. The molecule has 1 N–H and O–H groups in total. The van der Waals surface area contributed by atoms with Gasteiger partial charge in [-0.1, -0.05) is 41.2 Å². The topological polar surface area (TPSA) is 41.5 Å². The van der Waals surface area contributed by atoms with Crippen molar-refractivity contribution in [1.29, 1.82) is 0 Å². The van der Waals surface area contributed by atoms with Crippen LogP contribution in [-0.2, 0) is 4.79 Å². The minimum atomic E-state index is 0.0298. The van der Waals surface area contributed by atoms with E-state index in [1.165, 1.54) is 17.3 Å². The lowest BCUT2D eigenvalue weighted by Gasteiger charge is -2.08. The zero-order valence-electron chi connectivity index (χ0n) is 10.5. The summed E-state index contributed by atoms with van der Waals surface area (Å²) in [6.45, 7) is 4.93. The molecule has 0 spiro atoms. The number of aliphatic imine (C=N–C) groups is 1. The van der Waals surface area contributed by atoms with Crippen molar-refractivity contribution in [2.75, 3.05) is 23.4 Å². The second-order valence-electron chi connectivity index (χ2n) is 4.15. The highest BCUT2D eigenvalue weighted by molar-refractivity contribution is 8.39. The van der Waals surface area contributed by atoms with Crippen LogP contribution in [0, 0.1) is 13.8 Å². The van der Waals surface area contributed by atoms with E-state index in [9.17, 15) is 4.79 Å². The first-order valence-corrected chi connectivity index (χ1v) is 7.79. The normalized spacial score (nSPS) is 14.4. The van der Waals surface area contributed by atoms with Crippen LogP contribution < -0.4 is 5.32 Å². The van der Waals surface area contributed by atoms with Gasteiger partial charge in [-0.2, -0.15) is 0 Å². The maximum atomic E-state index is 11.8. The second kappa shape index (κ2) is 6.29. The van der Waals surface area contributed by atoms with E-state index in [-0.39, 0.29) is 5.91 Å². The van der Waals surface area contributed by atoms with Crippen LogP contribution in [-0.4, -0.2) is 28.3 Å². The van der Waals surface area contributed by atoms with Crippen LogP contribution >= 0.6 is 23.5 Å². The smallest absolute Gasteiger partial charge is 0.234 e. The van der Waals surface area contributed by atoms with Crippen LogP contribution in [0.4, 0.5) is 5.69 Å². The molecule has 0 saturated carbocycles. The lowest BCUT2D eigenvalue weighted by molar-refractivity contribution is -0.113. The highest BCUT2D eigenvalue weighted by Crippen LogP contribution is 2.22. The van der Waals surface area contributed by atoms with E-state index in [1.54, 1.807) is 11.8 Å². The number of thioether (sulfide) groups is 2. The summed E-state index contributed by atoms with van der Waals surface area (Å²) in [7, 11) is 0. The van der Waals surface area contributed by atoms with Gasteiger partial charge in [0.05, 0.1) is 12.3 Å². The Morgan fingerprint density at radius 3 is 3.00 bits per heavy atom. The molecule has 18 heavy (non-hydrogen) atoms. The number of rotatable bonds is 3. The molecule has 0 radical (unpaired) electrons. The van der Waals surface area contributed by atoms with Crippen molar-refractivity contribution in [2.24, 2.45) is 4.99 Å². The fourth-order valence-electron chi connectivity index (χ4n) is 1.67. The number of nitrogens with zero attached hydrogens (tertiary/aromatic N) is 1. The van der Waals surface area contributed by atoms with E-state index in [0.717, 1.165) is 27.9 Å². The number of anilines is 1. The van der Waals surface area contributed by atoms with Gasteiger partial charge in [-0.3, -0.25) is 9.79 Å². The molecule has 1 aliphatic heterocycles. The van der Waals surface area contributed by atoms with Gasteiger partial charge < -0.3 is 5.32 Å². The number of hydrogen-bond donors (Lipinski definition) is 1. The number of hydrogen-bond acceptors (Lipinski definition) is 4. The fraction of sp³-hybridized carbons (Fsp3) is 0.385.